The van der Waals surface area contributed by atoms with Crippen molar-refractivity contribution in [2.45, 2.75) is 70.6 Å². The zero-order valence-corrected chi connectivity index (χ0v) is 25.4. The van der Waals surface area contributed by atoms with Crippen molar-refractivity contribution in [3.05, 3.63) is 101 Å². The van der Waals surface area contributed by atoms with Crippen LogP contribution in [-0.4, -0.2) is 27.2 Å². The smallest absolute Gasteiger partial charge is 0.371 e. The second-order valence-electron chi connectivity index (χ2n) is 12.3. The summed E-state index contributed by atoms with van der Waals surface area (Å²) < 4.78 is 63.3. The average molecular weight is 611 g/mol. The minimum absolute atomic E-state index is 0.240. The molecule has 0 heterocycles. The Kier molecular flexibility index (Phi) is 7.95. The fourth-order valence-corrected chi connectivity index (χ4v) is 9.57. The van der Waals surface area contributed by atoms with Crippen LogP contribution in [0.5, 0.6) is 5.75 Å². The molecule has 0 spiro atoms. The molecule has 5 atom stereocenters. The molecule has 2 saturated carbocycles. The summed E-state index contributed by atoms with van der Waals surface area (Å²) in [6, 6.07) is 24.7. The molecule has 0 aromatic heterocycles. The molecule has 3 aliphatic rings. The molecule has 3 aromatic rings. The van der Waals surface area contributed by atoms with E-state index < -0.39 is 20.6 Å². The van der Waals surface area contributed by atoms with Gasteiger partial charge in [0.05, 0.1) is 6.10 Å². The summed E-state index contributed by atoms with van der Waals surface area (Å²) in [7, 11) is -8.10. The van der Waals surface area contributed by atoms with Gasteiger partial charge in [0.2, 0.25) is 0 Å². The van der Waals surface area contributed by atoms with Crippen LogP contribution in [0.3, 0.4) is 0 Å². The Morgan fingerprint density at radius 2 is 1.50 bits per heavy atom. The second kappa shape index (κ2) is 11.4. The predicted molar refractivity (Wildman–Crippen MR) is 161 cm³/mol. The van der Waals surface area contributed by atoms with Gasteiger partial charge in [-0.25, -0.2) is 0 Å². The van der Waals surface area contributed by atoms with Crippen LogP contribution in [0.1, 0.15) is 67.2 Å². The van der Waals surface area contributed by atoms with E-state index in [9.17, 15) is 16.8 Å². The van der Waals surface area contributed by atoms with Crippen LogP contribution in [0.2, 0.25) is 0 Å². The van der Waals surface area contributed by atoms with Crippen LogP contribution in [0.15, 0.2) is 78.9 Å². The van der Waals surface area contributed by atoms with Gasteiger partial charge in [0.25, 0.3) is 0 Å². The Hall–Kier alpha value is -2.76. The normalized spacial score (nSPS) is 27.2. The Morgan fingerprint density at radius 1 is 0.857 bits per heavy atom. The minimum Gasteiger partial charge on any atom is -0.371 e. The Morgan fingerprint density at radius 3 is 2.12 bits per heavy atom. The van der Waals surface area contributed by atoms with Crippen LogP contribution in [0, 0.1) is 17.3 Å². The van der Waals surface area contributed by atoms with Gasteiger partial charge in [0, 0.05) is 13.1 Å². The molecule has 0 bridgehead atoms. The van der Waals surface area contributed by atoms with E-state index in [0.29, 0.717) is 24.2 Å². The number of hydrogen-bond donors (Lipinski definition) is 1. The molecule has 0 aliphatic heterocycles. The van der Waals surface area contributed by atoms with Crippen molar-refractivity contribution in [1.82, 2.24) is 4.31 Å². The lowest BCUT2D eigenvalue weighted by Crippen LogP contribution is -2.46. The largest absolute Gasteiger partial charge is 0.380 e. The maximum Gasteiger partial charge on any atom is 0.380 e. The topological polar surface area (TPSA) is 116 Å². The Labute approximate surface area is 249 Å². The summed E-state index contributed by atoms with van der Waals surface area (Å²) in [6.07, 6.45) is 4.83. The maximum atomic E-state index is 13.9. The fraction of sp³-hybridized carbons (Fsp3) is 0.438. The summed E-state index contributed by atoms with van der Waals surface area (Å²) in [5, 5.41) is 5.07. The summed E-state index contributed by atoms with van der Waals surface area (Å²) in [4.78, 5) is 0. The van der Waals surface area contributed by atoms with Crippen molar-refractivity contribution < 1.29 is 25.2 Å². The van der Waals surface area contributed by atoms with Gasteiger partial charge in [-0.15, -0.1) is 0 Å². The van der Waals surface area contributed by atoms with E-state index in [1.54, 1.807) is 12.1 Å². The SMILES string of the molecule is CC12CCC3c4ccc(OS(N)(=O)=O)cc4CCC3C1CCC2OS(=O)(=O)N(Cc1ccccc1)Cc1ccccc1. The molecule has 8 nitrogen and oxygen atoms in total. The minimum atomic E-state index is -4.08. The number of nitrogens with zero attached hydrogens (tertiary/aromatic N) is 1. The molecule has 10 heteroatoms. The molecule has 3 aromatic carbocycles. The molecule has 42 heavy (non-hydrogen) atoms. The van der Waals surface area contributed by atoms with Gasteiger partial charge in [-0.2, -0.15) is 26.3 Å². The first-order valence-corrected chi connectivity index (χ1v) is 17.5. The number of fused-ring (bicyclic) bond motifs is 5. The maximum absolute atomic E-state index is 13.9. The monoisotopic (exact) mass is 610 g/mol. The lowest BCUT2D eigenvalue weighted by molar-refractivity contribution is -0.0114. The third kappa shape index (κ3) is 6.01. The van der Waals surface area contributed by atoms with Crippen molar-refractivity contribution in [3.8, 4) is 5.75 Å². The van der Waals surface area contributed by atoms with Crippen molar-refractivity contribution >= 4 is 20.6 Å². The molecule has 2 fully saturated rings. The van der Waals surface area contributed by atoms with Gasteiger partial charge in [0.15, 0.2) is 0 Å². The van der Waals surface area contributed by atoms with E-state index in [2.05, 4.69) is 6.92 Å². The molecule has 0 amide bonds. The van der Waals surface area contributed by atoms with Crippen molar-refractivity contribution in [3.63, 3.8) is 0 Å². The number of nitrogens with two attached hydrogens (primary N) is 1. The quantitative estimate of drug-likeness (QED) is 0.344. The van der Waals surface area contributed by atoms with E-state index in [1.165, 1.54) is 9.87 Å². The van der Waals surface area contributed by atoms with Crippen LogP contribution < -0.4 is 9.32 Å². The van der Waals surface area contributed by atoms with Crippen LogP contribution >= 0.6 is 0 Å². The molecule has 224 valence electrons. The zero-order valence-electron chi connectivity index (χ0n) is 23.8. The summed E-state index contributed by atoms with van der Waals surface area (Å²) in [5.74, 6) is 1.35. The molecule has 2 N–H and O–H groups in total. The highest BCUT2D eigenvalue weighted by Crippen LogP contribution is 2.62. The highest BCUT2D eigenvalue weighted by atomic mass is 32.2. The van der Waals surface area contributed by atoms with Gasteiger partial charge in [-0.3, -0.25) is 4.18 Å². The lowest BCUT2D eigenvalue weighted by Gasteiger charge is -2.50. The number of rotatable bonds is 9. The Balaban J connectivity index is 1.21. The molecule has 0 radical (unpaired) electrons. The highest BCUT2D eigenvalue weighted by molar-refractivity contribution is 7.84. The van der Waals surface area contributed by atoms with Gasteiger partial charge in [0.1, 0.15) is 5.75 Å². The second-order valence-corrected chi connectivity index (χ2v) is 15.0. The zero-order chi connectivity index (χ0) is 29.5. The molecule has 3 aliphatic carbocycles. The summed E-state index contributed by atoms with van der Waals surface area (Å²) >= 11 is 0. The number of aryl methyl sites for hydroxylation is 1. The first-order valence-electron chi connectivity index (χ1n) is 14.6. The summed E-state index contributed by atoms with van der Waals surface area (Å²) in [5.41, 5.74) is 3.93. The average Bonchev–Trinajstić information content (AvgIpc) is 3.28. The van der Waals surface area contributed by atoms with Crippen molar-refractivity contribution in [1.29, 1.82) is 0 Å². The number of benzene rings is 3. The van der Waals surface area contributed by atoms with Gasteiger partial charge in [-0.05, 0) is 96.1 Å². The molecule has 0 saturated heterocycles. The third-order valence-corrected chi connectivity index (χ3v) is 11.6. The van der Waals surface area contributed by atoms with Crippen LogP contribution in [-0.2, 0) is 44.3 Å². The predicted octanol–water partition coefficient (Wildman–Crippen LogP) is 5.46. The van der Waals surface area contributed by atoms with Crippen molar-refractivity contribution in [2.75, 3.05) is 0 Å². The van der Waals surface area contributed by atoms with Gasteiger partial charge >= 0.3 is 20.6 Å². The van der Waals surface area contributed by atoms with Gasteiger partial charge in [-0.1, -0.05) is 73.7 Å². The molecule has 6 rings (SSSR count). The first kappa shape index (κ1) is 29.3. The van der Waals surface area contributed by atoms with Crippen LogP contribution in [0.4, 0.5) is 0 Å². The first-order chi connectivity index (χ1) is 20.0. The standard InChI is InChI=1S/C32H38N2O6S2/c1-32-19-18-28-27-15-13-26(39-41(33,35)36)20-25(27)12-14-29(28)30(32)16-17-31(32)40-42(37,38)34(21-23-8-4-2-5-9-23)22-24-10-6-3-7-11-24/h2-11,13,15,20,28-31H,12,14,16-19,21-22H2,1H3,(H2,33,35,36). The third-order valence-electron chi connectivity index (χ3n) is 9.78. The van der Waals surface area contributed by atoms with E-state index in [-0.39, 0.29) is 30.4 Å². The van der Waals surface area contributed by atoms with E-state index >= 15 is 0 Å². The van der Waals surface area contributed by atoms with Crippen LogP contribution in [0.25, 0.3) is 0 Å². The van der Waals surface area contributed by atoms with E-state index in [4.69, 9.17) is 13.5 Å². The van der Waals surface area contributed by atoms with Gasteiger partial charge < -0.3 is 4.18 Å². The van der Waals surface area contributed by atoms with E-state index in [0.717, 1.165) is 48.8 Å². The Bertz CT molecular complexity index is 1590. The number of hydrogen-bond acceptors (Lipinski definition) is 6. The molecular weight excluding hydrogens is 572 g/mol. The molecule has 5 unspecified atom stereocenters. The van der Waals surface area contributed by atoms with Crippen molar-refractivity contribution in [2.24, 2.45) is 22.4 Å². The lowest BCUT2D eigenvalue weighted by atomic mass is 9.55. The van der Waals surface area contributed by atoms with E-state index in [1.807, 2.05) is 66.7 Å². The summed E-state index contributed by atoms with van der Waals surface area (Å²) in [6.45, 7) is 2.70. The fourth-order valence-electron chi connectivity index (χ4n) is 7.85. The molecular formula is C32H38N2O6S2. The highest BCUT2D eigenvalue weighted by Gasteiger charge is 2.56.